The van der Waals surface area contributed by atoms with Gasteiger partial charge in [0.1, 0.15) is 18.0 Å². The van der Waals surface area contributed by atoms with E-state index in [-0.39, 0.29) is 0 Å². The van der Waals surface area contributed by atoms with Gasteiger partial charge in [-0.25, -0.2) is 4.72 Å². The van der Waals surface area contributed by atoms with E-state index in [0.29, 0.717) is 12.0 Å². The number of hydrogen-bond donors (Lipinski definition) is 1. The average molecular weight is 263 g/mol. The van der Waals surface area contributed by atoms with Crippen LogP contribution >= 0.6 is 12.2 Å². The van der Waals surface area contributed by atoms with Gasteiger partial charge in [-0.3, -0.25) is 0 Å². The molecule has 1 N–H and O–H groups in total. The Bertz CT molecular complexity index is 401. The van der Waals surface area contributed by atoms with Crippen molar-refractivity contribution in [3.63, 3.8) is 0 Å². The molecule has 0 aromatic heterocycles. The number of rotatable bonds is 4. The molecule has 1 saturated carbocycles. The molecular formula is C15H21NOS. The molecule has 0 saturated heterocycles. The Morgan fingerprint density at radius 3 is 2.78 bits per heavy atom. The van der Waals surface area contributed by atoms with E-state index < -0.39 is 0 Å². The first-order chi connectivity index (χ1) is 8.65. The zero-order chi connectivity index (χ0) is 13.0. The van der Waals surface area contributed by atoms with Crippen LogP contribution in [0.3, 0.4) is 0 Å². The molecule has 98 valence electrons. The standard InChI is InChI=1S/C15H21NOS/c1-11-5-8-14(9-6-11)17-18-16-15-10-12(2)4-7-13(15)3/h5-6,8-9,13,15-16H,2,4,7,10H2,1,3H3. The van der Waals surface area contributed by atoms with Gasteiger partial charge in [0.05, 0.1) is 0 Å². The third-order valence-electron chi connectivity index (χ3n) is 3.51. The number of benzene rings is 1. The maximum Gasteiger partial charge on any atom is 0.144 e. The van der Waals surface area contributed by atoms with Crippen molar-refractivity contribution in [2.24, 2.45) is 5.92 Å². The molecule has 2 nitrogen and oxygen atoms in total. The molecule has 0 spiro atoms. The first-order valence-electron chi connectivity index (χ1n) is 6.47. The van der Waals surface area contributed by atoms with E-state index in [0.717, 1.165) is 12.2 Å². The van der Waals surface area contributed by atoms with Gasteiger partial charge in [0.2, 0.25) is 0 Å². The van der Waals surface area contributed by atoms with Crippen molar-refractivity contribution in [3.05, 3.63) is 42.0 Å². The second-order valence-corrected chi connectivity index (χ2v) is 5.74. The van der Waals surface area contributed by atoms with Crippen LogP contribution in [0.2, 0.25) is 0 Å². The Morgan fingerprint density at radius 2 is 2.06 bits per heavy atom. The summed E-state index contributed by atoms with van der Waals surface area (Å²) in [7, 11) is 0. The molecule has 1 aromatic carbocycles. The van der Waals surface area contributed by atoms with Gasteiger partial charge < -0.3 is 4.18 Å². The molecule has 2 atom stereocenters. The lowest BCUT2D eigenvalue weighted by atomic mass is 9.84. The van der Waals surface area contributed by atoms with Crippen LogP contribution in [0.4, 0.5) is 0 Å². The summed E-state index contributed by atoms with van der Waals surface area (Å²) in [5, 5.41) is 0. The average Bonchev–Trinajstić information content (AvgIpc) is 2.36. The Hall–Kier alpha value is -0.930. The highest BCUT2D eigenvalue weighted by atomic mass is 32.2. The first-order valence-corrected chi connectivity index (χ1v) is 7.21. The summed E-state index contributed by atoms with van der Waals surface area (Å²) in [6, 6.07) is 8.57. The van der Waals surface area contributed by atoms with Crippen LogP contribution in [-0.2, 0) is 0 Å². The number of nitrogens with one attached hydrogen (secondary N) is 1. The van der Waals surface area contributed by atoms with E-state index in [1.54, 1.807) is 0 Å². The normalized spacial score (nSPS) is 24.0. The predicted molar refractivity (Wildman–Crippen MR) is 78.5 cm³/mol. The van der Waals surface area contributed by atoms with Gasteiger partial charge in [-0.2, -0.15) is 0 Å². The van der Waals surface area contributed by atoms with Crippen LogP contribution in [0.15, 0.2) is 36.4 Å². The van der Waals surface area contributed by atoms with Crippen molar-refractivity contribution in [2.75, 3.05) is 0 Å². The third-order valence-corrected chi connectivity index (χ3v) is 4.18. The monoisotopic (exact) mass is 263 g/mol. The van der Waals surface area contributed by atoms with Crippen molar-refractivity contribution in [3.8, 4) is 5.75 Å². The fraction of sp³-hybridized carbons (Fsp3) is 0.467. The topological polar surface area (TPSA) is 21.3 Å². The summed E-state index contributed by atoms with van der Waals surface area (Å²) in [5.74, 6) is 1.57. The zero-order valence-electron chi connectivity index (χ0n) is 11.1. The number of aryl methyl sites for hydroxylation is 1. The van der Waals surface area contributed by atoms with Crippen LogP contribution in [0.1, 0.15) is 31.7 Å². The van der Waals surface area contributed by atoms with Crippen molar-refractivity contribution in [2.45, 2.75) is 39.2 Å². The maximum atomic E-state index is 5.62. The lowest BCUT2D eigenvalue weighted by molar-refractivity contribution is 0.361. The molecule has 0 heterocycles. The van der Waals surface area contributed by atoms with Gasteiger partial charge in [0.25, 0.3) is 0 Å². The van der Waals surface area contributed by atoms with Gasteiger partial charge in [-0.15, -0.1) is 0 Å². The second kappa shape index (κ2) is 6.30. The SMILES string of the molecule is C=C1CCC(C)C(NSOc2ccc(C)cc2)C1. The van der Waals surface area contributed by atoms with Crippen LogP contribution in [0, 0.1) is 12.8 Å². The Labute approximate surface area is 114 Å². The molecule has 18 heavy (non-hydrogen) atoms. The van der Waals surface area contributed by atoms with Crippen LogP contribution in [0.5, 0.6) is 5.75 Å². The van der Waals surface area contributed by atoms with E-state index in [9.17, 15) is 0 Å². The van der Waals surface area contributed by atoms with E-state index >= 15 is 0 Å². The van der Waals surface area contributed by atoms with E-state index in [4.69, 9.17) is 4.18 Å². The minimum absolute atomic E-state index is 0.474. The molecule has 1 aliphatic carbocycles. The molecule has 2 rings (SSSR count). The smallest absolute Gasteiger partial charge is 0.144 e. The van der Waals surface area contributed by atoms with Gasteiger partial charge in [-0.1, -0.05) is 36.8 Å². The number of hydrogen-bond acceptors (Lipinski definition) is 3. The molecule has 0 radical (unpaired) electrons. The van der Waals surface area contributed by atoms with Crippen LogP contribution in [0.25, 0.3) is 0 Å². The molecule has 1 fully saturated rings. The van der Waals surface area contributed by atoms with Crippen molar-refractivity contribution < 1.29 is 4.18 Å². The Balaban J connectivity index is 1.77. The maximum absolute atomic E-state index is 5.62. The molecule has 0 amide bonds. The quantitative estimate of drug-likeness (QED) is 0.498. The Kier molecular flexibility index (Phi) is 4.72. The highest BCUT2D eigenvalue weighted by molar-refractivity contribution is 7.93. The molecule has 0 aliphatic heterocycles. The molecular weight excluding hydrogens is 242 g/mol. The van der Waals surface area contributed by atoms with Gasteiger partial charge >= 0.3 is 0 Å². The first kappa shape index (κ1) is 13.5. The van der Waals surface area contributed by atoms with Gasteiger partial charge in [0.15, 0.2) is 0 Å². The highest BCUT2D eigenvalue weighted by Gasteiger charge is 2.23. The van der Waals surface area contributed by atoms with Crippen molar-refractivity contribution in [1.29, 1.82) is 0 Å². The van der Waals surface area contributed by atoms with E-state index in [1.165, 1.54) is 36.2 Å². The van der Waals surface area contributed by atoms with Gasteiger partial charge in [-0.05, 0) is 44.2 Å². The molecule has 3 heteroatoms. The lowest BCUT2D eigenvalue weighted by Gasteiger charge is -2.29. The van der Waals surface area contributed by atoms with E-state index in [2.05, 4.69) is 37.3 Å². The summed E-state index contributed by atoms with van der Waals surface area (Å²) in [4.78, 5) is 0. The minimum atomic E-state index is 0.474. The molecule has 2 unspecified atom stereocenters. The molecule has 1 aliphatic rings. The summed E-state index contributed by atoms with van der Waals surface area (Å²) in [6.07, 6.45) is 3.45. The minimum Gasteiger partial charge on any atom is -0.410 e. The second-order valence-electron chi connectivity index (χ2n) is 5.17. The largest absolute Gasteiger partial charge is 0.410 e. The zero-order valence-corrected chi connectivity index (χ0v) is 11.9. The summed E-state index contributed by atoms with van der Waals surface area (Å²) in [6.45, 7) is 8.45. The Morgan fingerprint density at radius 1 is 1.33 bits per heavy atom. The summed E-state index contributed by atoms with van der Waals surface area (Å²) < 4.78 is 9.02. The molecule has 1 aromatic rings. The summed E-state index contributed by atoms with van der Waals surface area (Å²) >= 11 is 1.33. The summed E-state index contributed by atoms with van der Waals surface area (Å²) in [5.41, 5.74) is 2.60. The van der Waals surface area contributed by atoms with Crippen LogP contribution < -0.4 is 8.91 Å². The third kappa shape index (κ3) is 3.79. The van der Waals surface area contributed by atoms with Crippen molar-refractivity contribution >= 4 is 12.2 Å². The van der Waals surface area contributed by atoms with E-state index in [1.807, 2.05) is 12.1 Å². The van der Waals surface area contributed by atoms with Crippen LogP contribution in [-0.4, -0.2) is 6.04 Å². The highest BCUT2D eigenvalue weighted by Crippen LogP contribution is 2.28. The van der Waals surface area contributed by atoms with Gasteiger partial charge in [0, 0.05) is 6.04 Å². The predicted octanol–water partition coefficient (Wildman–Crippen LogP) is 4.27. The molecule has 0 bridgehead atoms. The lowest BCUT2D eigenvalue weighted by Crippen LogP contribution is -2.34. The fourth-order valence-electron chi connectivity index (χ4n) is 2.13. The van der Waals surface area contributed by atoms with Crippen molar-refractivity contribution in [1.82, 2.24) is 4.72 Å². The fourth-order valence-corrected chi connectivity index (χ4v) is 2.83.